The number of carbonyl (C=O) groups is 2. The summed E-state index contributed by atoms with van der Waals surface area (Å²) in [6, 6.07) is 6.38. The van der Waals surface area contributed by atoms with Gasteiger partial charge < -0.3 is 15.4 Å². The predicted octanol–water partition coefficient (Wildman–Crippen LogP) is 0.466. The van der Waals surface area contributed by atoms with Crippen LogP contribution in [0.25, 0.3) is 0 Å². The second kappa shape index (κ2) is 5.18. The van der Waals surface area contributed by atoms with Gasteiger partial charge in [0, 0.05) is 12.2 Å². The van der Waals surface area contributed by atoms with Crippen LogP contribution >= 0.6 is 0 Å². The Morgan fingerprint density at radius 1 is 1.44 bits per heavy atom. The molecule has 1 heterocycles. The summed E-state index contributed by atoms with van der Waals surface area (Å²) >= 11 is 0. The highest BCUT2D eigenvalue weighted by atomic mass is 16.5. The van der Waals surface area contributed by atoms with Crippen LogP contribution in [0.4, 0.5) is 5.69 Å². The first-order valence-electron chi connectivity index (χ1n) is 5.96. The molecule has 1 aliphatic rings. The quantitative estimate of drug-likeness (QED) is 0.623. The molecule has 2 N–H and O–H groups in total. The number of fused-ring (bicyclic) bond motifs is 1. The Labute approximate surface area is 106 Å². The van der Waals surface area contributed by atoms with E-state index >= 15 is 0 Å². The zero-order chi connectivity index (χ0) is 13.1. The zero-order valence-corrected chi connectivity index (χ0v) is 10.3. The number of nitrogens with two attached hydrogens (primary N) is 1. The second-order valence-electron chi connectivity index (χ2n) is 4.10. The third-order valence-corrected chi connectivity index (χ3v) is 2.96. The Kier molecular flexibility index (Phi) is 3.62. The highest BCUT2D eigenvalue weighted by Gasteiger charge is 2.32. The molecule has 0 bridgehead atoms. The lowest BCUT2D eigenvalue weighted by atomic mass is 10.2. The fourth-order valence-corrected chi connectivity index (χ4v) is 2.07. The van der Waals surface area contributed by atoms with E-state index in [4.69, 9.17) is 10.5 Å². The first kappa shape index (κ1) is 12.6. The molecular formula is C13H16N2O3. The van der Waals surface area contributed by atoms with Crippen molar-refractivity contribution in [1.29, 1.82) is 0 Å². The molecule has 5 nitrogen and oxygen atoms in total. The molecule has 5 heteroatoms. The molecule has 0 aliphatic carbocycles. The lowest BCUT2D eigenvalue weighted by Crippen LogP contribution is -2.48. The number of anilines is 1. The van der Waals surface area contributed by atoms with E-state index in [2.05, 4.69) is 0 Å². The van der Waals surface area contributed by atoms with Crippen LogP contribution in [0.15, 0.2) is 24.3 Å². The Balaban J connectivity index is 2.14. The molecule has 0 spiro atoms. The van der Waals surface area contributed by atoms with E-state index in [0.717, 1.165) is 17.7 Å². The van der Waals surface area contributed by atoms with Crippen molar-refractivity contribution in [3.63, 3.8) is 0 Å². The molecule has 18 heavy (non-hydrogen) atoms. The third kappa shape index (κ3) is 2.22. The Morgan fingerprint density at radius 2 is 2.17 bits per heavy atom. The minimum atomic E-state index is -1.24. The molecule has 1 atom stereocenters. The van der Waals surface area contributed by atoms with Gasteiger partial charge >= 0.3 is 5.97 Å². The number of carbonyl (C=O) groups excluding carboxylic acids is 2. The van der Waals surface area contributed by atoms with Crippen molar-refractivity contribution in [3.8, 4) is 0 Å². The van der Waals surface area contributed by atoms with Gasteiger partial charge in [-0.25, -0.2) is 4.79 Å². The van der Waals surface area contributed by atoms with Gasteiger partial charge in [-0.05, 0) is 25.0 Å². The van der Waals surface area contributed by atoms with Gasteiger partial charge in [0.15, 0.2) is 6.04 Å². The molecule has 0 saturated carbocycles. The standard InChI is InChI=1S/C13H16N2O3/c1-2-18-13(17)11(14)12(16)15-8-7-9-5-3-4-6-10(9)15/h3-6,11H,2,7-8,14H2,1H3. The summed E-state index contributed by atoms with van der Waals surface area (Å²) in [4.78, 5) is 25.1. The van der Waals surface area contributed by atoms with Gasteiger partial charge in [-0.2, -0.15) is 0 Å². The Hall–Kier alpha value is -1.88. The van der Waals surface area contributed by atoms with E-state index < -0.39 is 17.9 Å². The van der Waals surface area contributed by atoms with Gasteiger partial charge in [0.05, 0.1) is 6.61 Å². The van der Waals surface area contributed by atoms with E-state index in [1.165, 1.54) is 0 Å². The molecule has 1 aromatic rings. The molecule has 1 unspecified atom stereocenters. The summed E-state index contributed by atoms with van der Waals surface area (Å²) in [6.07, 6.45) is 0.789. The molecule has 2 rings (SSSR count). The maximum Gasteiger partial charge on any atom is 0.332 e. The SMILES string of the molecule is CCOC(=O)C(N)C(=O)N1CCc2ccccc21. The van der Waals surface area contributed by atoms with Gasteiger partial charge in [-0.1, -0.05) is 18.2 Å². The van der Waals surface area contributed by atoms with Crippen LogP contribution in [0.5, 0.6) is 0 Å². The maximum atomic E-state index is 12.1. The fraction of sp³-hybridized carbons (Fsp3) is 0.385. The largest absolute Gasteiger partial charge is 0.464 e. The number of amides is 1. The summed E-state index contributed by atoms with van der Waals surface area (Å²) in [7, 11) is 0. The maximum absolute atomic E-state index is 12.1. The van der Waals surface area contributed by atoms with Crippen molar-refractivity contribution < 1.29 is 14.3 Å². The van der Waals surface area contributed by atoms with Crippen LogP contribution < -0.4 is 10.6 Å². The first-order valence-corrected chi connectivity index (χ1v) is 5.96. The van der Waals surface area contributed by atoms with Crippen molar-refractivity contribution in [2.75, 3.05) is 18.1 Å². The number of hydrogen-bond acceptors (Lipinski definition) is 4. The third-order valence-electron chi connectivity index (χ3n) is 2.96. The average molecular weight is 248 g/mol. The van der Waals surface area contributed by atoms with Crippen LogP contribution in [-0.4, -0.2) is 31.1 Å². The zero-order valence-electron chi connectivity index (χ0n) is 10.3. The highest BCUT2D eigenvalue weighted by Crippen LogP contribution is 2.27. The highest BCUT2D eigenvalue weighted by molar-refractivity contribution is 6.10. The van der Waals surface area contributed by atoms with Crippen LogP contribution in [0.3, 0.4) is 0 Å². The van der Waals surface area contributed by atoms with Crippen molar-refractivity contribution in [3.05, 3.63) is 29.8 Å². The number of ether oxygens (including phenoxy) is 1. The molecule has 1 aliphatic heterocycles. The molecule has 1 aromatic carbocycles. The summed E-state index contributed by atoms with van der Waals surface area (Å²) in [5.74, 6) is -1.08. The molecule has 0 aromatic heterocycles. The number of hydrogen-bond donors (Lipinski definition) is 1. The minimum absolute atomic E-state index is 0.219. The number of rotatable bonds is 3. The summed E-state index contributed by atoms with van der Waals surface area (Å²) in [6.45, 7) is 2.46. The number of para-hydroxylation sites is 1. The molecule has 0 saturated heterocycles. The molecular weight excluding hydrogens is 232 g/mol. The lowest BCUT2D eigenvalue weighted by Gasteiger charge is -2.20. The topological polar surface area (TPSA) is 72.6 Å². The monoisotopic (exact) mass is 248 g/mol. The van der Waals surface area contributed by atoms with Crippen molar-refractivity contribution in [2.24, 2.45) is 5.73 Å². The van der Waals surface area contributed by atoms with Crippen molar-refractivity contribution >= 4 is 17.6 Å². The molecule has 0 fully saturated rings. The molecule has 0 radical (unpaired) electrons. The van der Waals surface area contributed by atoms with Crippen LogP contribution in [-0.2, 0) is 20.7 Å². The van der Waals surface area contributed by atoms with Gasteiger partial charge in [-0.15, -0.1) is 0 Å². The van der Waals surface area contributed by atoms with Gasteiger partial charge in [0.25, 0.3) is 5.91 Å². The Morgan fingerprint density at radius 3 is 2.89 bits per heavy atom. The summed E-state index contributed by atoms with van der Waals surface area (Å²) in [5, 5.41) is 0. The summed E-state index contributed by atoms with van der Waals surface area (Å²) in [5.41, 5.74) is 7.55. The predicted molar refractivity (Wildman–Crippen MR) is 67.1 cm³/mol. The van der Waals surface area contributed by atoms with Gasteiger partial charge in [0.2, 0.25) is 0 Å². The van der Waals surface area contributed by atoms with Crippen LogP contribution in [0, 0.1) is 0 Å². The normalized spacial score (nSPS) is 15.1. The lowest BCUT2D eigenvalue weighted by molar-refractivity contribution is -0.147. The van der Waals surface area contributed by atoms with E-state index in [0.29, 0.717) is 6.54 Å². The average Bonchev–Trinajstić information content (AvgIpc) is 2.81. The van der Waals surface area contributed by atoms with Gasteiger partial charge in [0.1, 0.15) is 0 Å². The fourth-order valence-electron chi connectivity index (χ4n) is 2.07. The smallest absolute Gasteiger partial charge is 0.332 e. The van der Waals surface area contributed by atoms with E-state index in [1.807, 2.05) is 24.3 Å². The molecule has 96 valence electrons. The first-order chi connectivity index (χ1) is 8.65. The number of esters is 1. The van der Waals surface area contributed by atoms with Crippen molar-refractivity contribution in [1.82, 2.24) is 0 Å². The van der Waals surface area contributed by atoms with E-state index in [-0.39, 0.29) is 6.61 Å². The van der Waals surface area contributed by atoms with Crippen molar-refractivity contribution in [2.45, 2.75) is 19.4 Å². The second-order valence-corrected chi connectivity index (χ2v) is 4.10. The van der Waals surface area contributed by atoms with Crippen LogP contribution in [0.1, 0.15) is 12.5 Å². The molecule has 1 amide bonds. The summed E-state index contributed by atoms with van der Waals surface area (Å²) < 4.78 is 4.76. The number of nitrogens with zero attached hydrogens (tertiary/aromatic N) is 1. The van der Waals surface area contributed by atoms with E-state index in [9.17, 15) is 9.59 Å². The van der Waals surface area contributed by atoms with Crippen LogP contribution in [0.2, 0.25) is 0 Å². The minimum Gasteiger partial charge on any atom is -0.464 e. The van der Waals surface area contributed by atoms with Gasteiger partial charge in [-0.3, -0.25) is 4.79 Å². The Bertz CT molecular complexity index is 473. The van der Waals surface area contributed by atoms with E-state index in [1.54, 1.807) is 11.8 Å². The number of benzene rings is 1.